The van der Waals surface area contributed by atoms with Gasteiger partial charge in [0.25, 0.3) is 0 Å². The van der Waals surface area contributed by atoms with Crippen molar-refractivity contribution in [3.8, 4) is 11.6 Å². The Hall–Kier alpha value is -1.76. The van der Waals surface area contributed by atoms with Crippen LogP contribution in [0.5, 0.6) is 11.6 Å². The highest BCUT2D eigenvalue weighted by Gasteiger charge is 2.35. The molecular weight excluding hydrogens is 337 g/mol. The first kappa shape index (κ1) is 14.6. The van der Waals surface area contributed by atoms with Gasteiger partial charge in [-0.25, -0.2) is 4.98 Å². The third-order valence-corrected chi connectivity index (χ3v) is 2.95. The summed E-state index contributed by atoms with van der Waals surface area (Å²) in [7, 11) is 0. The van der Waals surface area contributed by atoms with E-state index >= 15 is 0 Å². The van der Waals surface area contributed by atoms with Gasteiger partial charge in [0.1, 0.15) is 11.3 Å². The fraction of sp³-hybridized carbons (Fsp3) is 0.154. The molecule has 0 radical (unpaired) electrons. The minimum atomic E-state index is -4.55. The SMILES string of the molecule is Cc1cc(Br)cnc1Oc1ccc(N)cc1C(F)(F)F. The summed E-state index contributed by atoms with van der Waals surface area (Å²) in [5, 5.41) is 0. The Morgan fingerprint density at radius 1 is 1.25 bits per heavy atom. The zero-order valence-corrected chi connectivity index (χ0v) is 11.9. The van der Waals surface area contributed by atoms with E-state index in [4.69, 9.17) is 10.5 Å². The fourth-order valence-corrected chi connectivity index (χ4v) is 2.04. The van der Waals surface area contributed by atoms with Crippen LogP contribution < -0.4 is 10.5 Å². The fourth-order valence-electron chi connectivity index (χ4n) is 1.60. The Balaban J connectivity index is 2.43. The molecule has 106 valence electrons. The Morgan fingerprint density at radius 2 is 1.95 bits per heavy atom. The molecule has 1 aromatic heterocycles. The Labute approximate surface area is 121 Å². The number of alkyl halides is 3. The Kier molecular flexibility index (Phi) is 3.89. The van der Waals surface area contributed by atoms with E-state index in [9.17, 15) is 13.2 Å². The van der Waals surface area contributed by atoms with Gasteiger partial charge in [-0.15, -0.1) is 0 Å². The molecule has 0 amide bonds. The van der Waals surface area contributed by atoms with Crippen LogP contribution in [0.4, 0.5) is 18.9 Å². The molecule has 0 aliphatic rings. The van der Waals surface area contributed by atoms with Gasteiger partial charge in [0, 0.05) is 21.9 Å². The van der Waals surface area contributed by atoms with Gasteiger partial charge in [-0.05, 0) is 47.1 Å². The molecule has 0 aliphatic carbocycles. The standard InChI is InChI=1S/C13H10BrF3N2O/c1-7-4-8(14)6-19-12(7)20-11-3-2-9(18)5-10(11)13(15,16)17/h2-6H,18H2,1H3. The zero-order chi connectivity index (χ0) is 14.9. The van der Waals surface area contributed by atoms with Gasteiger partial charge >= 0.3 is 6.18 Å². The number of hydrogen-bond acceptors (Lipinski definition) is 3. The molecule has 0 spiro atoms. The van der Waals surface area contributed by atoms with Crippen LogP contribution in [0.2, 0.25) is 0 Å². The summed E-state index contributed by atoms with van der Waals surface area (Å²) in [6, 6.07) is 5.07. The number of benzene rings is 1. The van der Waals surface area contributed by atoms with Gasteiger partial charge in [0.05, 0.1) is 0 Å². The van der Waals surface area contributed by atoms with Crippen molar-refractivity contribution in [1.82, 2.24) is 4.98 Å². The first-order valence-corrected chi connectivity index (χ1v) is 6.33. The van der Waals surface area contributed by atoms with E-state index < -0.39 is 11.7 Å². The summed E-state index contributed by atoms with van der Waals surface area (Å²) in [4.78, 5) is 3.95. The van der Waals surface area contributed by atoms with E-state index in [2.05, 4.69) is 20.9 Å². The number of anilines is 1. The van der Waals surface area contributed by atoms with Crippen LogP contribution in [-0.2, 0) is 6.18 Å². The number of aromatic nitrogens is 1. The van der Waals surface area contributed by atoms with Gasteiger partial charge in [-0.3, -0.25) is 0 Å². The molecular formula is C13H10BrF3N2O. The van der Waals surface area contributed by atoms with Crippen LogP contribution in [0.3, 0.4) is 0 Å². The van der Waals surface area contributed by atoms with Crippen molar-refractivity contribution in [1.29, 1.82) is 0 Å². The number of rotatable bonds is 2. The molecule has 2 rings (SSSR count). The van der Waals surface area contributed by atoms with E-state index in [1.54, 1.807) is 13.0 Å². The zero-order valence-electron chi connectivity index (χ0n) is 10.3. The second-order valence-corrected chi connectivity index (χ2v) is 5.05. The summed E-state index contributed by atoms with van der Waals surface area (Å²) in [5.74, 6) is -0.215. The topological polar surface area (TPSA) is 48.1 Å². The number of nitrogens with zero attached hydrogens (tertiary/aromatic N) is 1. The molecule has 3 nitrogen and oxygen atoms in total. The van der Waals surface area contributed by atoms with Crippen LogP contribution in [0.25, 0.3) is 0 Å². The highest BCUT2D eigenvalue weighted by Crippen LogP contribution is 2.39. The molecule has 0 unspecified atom stereocenters. The maximum absolute atomic E-state index is 12.9. The lowest BCUT2D eigenvalue weighted by Crippen LogP contribution is -2.08. The van der Waals surface area contributed by atoms with Gasteiger partial charge in [-0.2, -0.15) is 13.2 Å². The maximum atomic E-state index is 12.9. The predicted molar refractivity (Wildman–Crippen MR) is 72.6 cm³/mol. The van der Waals surface area contributed by atoms with Crippen molar-refractivity contribution in [2.75, 3.05) is 5.73 Å². The summed E-state index contributed by atoms with van der Waals surface area (Å²) in [6.07, 6.45) is -3.10. The molecule has 0 atom stereocenters. The molecule has 2 aromatic rings. The second kappa shape index (κ2) is 5.32. The summed E-state index contributed by atoms with van der Waals surface area (Å²) >= 11 is 3.22. The van der Waals surface area contributed by atoms with Crippen LogP contribution >= 0.6 is 15.9 Å². The number of hydrogen-bond donors (Lipinski definition) is 1. The van der Waals surface area contributed by atoms with Gasteiger partial charge in [-0.1, -0.05) is 0 Å². The third-order valence-electron chi connectivity index (χ3n) is 2.51. The molecule has 7 heteroatoms. The first-order chi connectivity index (χ1) is 9.27. The van der Waals surface area contributed by atoms with Crippen molar-refractivity contribution in [3.05, 3.63) is 46.1 Å². The number of nitrogens with two attached hydrogens (primary N) is 1. The predicted octanol–water partition coefficient (Wildman–Crippen LogP) is 4.55. The van der Waals surface area contributed by atoms with Crippen LogP contribution in [0.1, 0.15) is 11.1 Å². The summed E-state index contributed by atoms with van der Waals surface area (Å²) < 4.78 is 44.8. The molecule has 0 saturated carbocycles. The third kappa shape index (κ3) is 3.22. The number of nitrogen functional groups attached to an aromatic ring is 1. The first-order valence-electron chi connectivity index (χ1n) is 5.54. The quantitative estimate of drug-likeness (QED) is 0.811. The number of ether oxygens (including phenoxy) is 1. The lowest BCUT2D eigenvalue weighted by molar-refractivity contribution is -0.138. The minimum Gasteiger partial charge on any atom is -0.438 e. The van der Waals surface area contributed by atoms with E-state index in [0.29, 0.717) is 5.56 Å². The largest absolute Gasteiger partial charge is 0.438 e. The summed E-state index contributed by atoms with van der Waals surface area (Å²) in [5.41, 5.74) is 5.09. The van der Waals surface area contributed by atoms with Crippen LogP contribution in [-0.4, -0.2) is 4.98 Å². The minimum absolute atomic E-state index is 0.0187. The number of pyridine rings is 1. The molecule has 0 aliphatic heterocycles. The van der Waals surface area contributed by atoms with Crippen LogP contribution in [0, 0.1) is 6.92 Å². The molecule has 1 heterocycles. The van der Waals surface area contributed by atoms with Crippen molar-refractivity contribution < 1.29 is 17.9 Å². The highest BCUT2D eigenvalue weighted by atomic mass is 79.9. The molecule has 2 N–H and O–H groups in total. The molecule has 0 bridgehead atoms. The Bertz CT molecular complexity index is 644. The monoisotopic (exact) mass is 346 g/mol. The van der Waals surface area contributed by atoms with Crippen molar-refractivity contribution in [3.63, 3.8) is 0 Å². The van der Waals surface area contributed by atoms with Crippen molar-refractivity contribution >= 4 is 21.6 Å². The van der Waals surface area contributed by atoms with Gasteiger partial charge < -0.3 is 10.5 Å². The smallest absolute Gasteiger partial charge is 0.420 e. The number of halogens is 4. The highest BCUT2D eigenvalue weighted by molar-refractivity contribution is 9.10. The van der Waals surface area contributed by atoms with E-state index in [0.717, 1.165) is 10.5 Å². The molecule has 0 fully saturated rings. The van der Waals surface area contributed by atoms with Gasteiger partial charge in [0.2, 0.25) is 5.88 Å². The Morgan fingerprint density at radius 3 is 2.55 bits per heavy atom. The second-order valence-electron chi connectivity index (χ2n) is 4.13. The molecule has 20 heavy (non-hydrogen) atoms. The molecule has 1 aromatic carbocycles. The van der Waals surface area contributed by atoms with Gasteiger partial charge in [0.15, 0.2) is 0 Å². The summed E-state index contributed by atoms with van der Waals surface area (Å²) in [6.45, 7) is 1.69. The van der Waals surface area contributed by atoms with Crippen LogP contribution in [0.15, 0.2) is 34.9 Å². The van der Waals surface area contributed by atoms with Crippen molar-refractivity contribution in [2.45, 2.75) is 13.1 Å². The average Bonchev–Trinajstić information content (AvgIpc) is 2.33. The van der Waals surface area contributed by atoms with E-state index in [1.807, 2.05) is 0 Å². The maximum Gasteiger partial charge on any atom is 0.420 e. The van der Waals surface area contributed by atoms with Crippen molar-refractivity contribution in [2.24, 2.45) is 0 Å². The average molecular weight is 347 g/mol. The lowest BCUT2D eigenvalue weighted by Gasteiger charge is -2.14. The lowest BCUT2D eigenvalue weighted by atomic mass is 10.1. The molecule has 0 saturated heterocycles. The van der Waals surface area contributed by atoms with E-state index in [1.165, 1.54) is 18.3 Å². The van der Waals surface area contributed by atoms with E-state index in [-0.39, 0.29) is 17.3 Å². The normalized spacial score (nSPS) is 11.4. The number of aryl methyl sites for hydroxylation is 1.